The number of nitrogens with one attached hydrogen (secondary N) is 1. The molecule has 152 valence electrons. The SMILES string of the molecule is Cc1noc(C2CN(C(=O)NC3CCc4nnc(C(C)C)n4C3)CCN2C)n1. The first-order valence-electron chi connectivity index (χ1n) is 9.90. The van der Waals surface area contributed by atoms with E-state index in [9.17, 15) is 4.79 Å². The summed E-state index contributed by atoms with van der Waals surface area (Å²) in [7, 11) is 2.02. The lowest BCUT2D eigenvalue weighted by Gasteiger charge is -2.38. The van der Waals surface area contributed by atoms with E-state index < -0.39 is 0 Å². The maximum Gasteiger partial charge on any atom is 0.317 e. The zero-order chi connectivity index (χ0) is 19.8. The average molecular weight is 388 g/mol. The van der Waals surface area contributed by atoms with Crippen molar-refractivity contribution < 1.29 is 9.32 Å². The van der Waals surface area contributed by atoms with Gasteiger partial charge in [0, 0.05) is 44.6 Å². The van der Waals surface area contributed by atoms with E-state index in [0.717, 1.165) is 37.6 Å². The summed E-state index contributed by atoms with van der Waals surface area (Å²) in [4.78, 5) is 21.2. The van der Waals surface area contributed by atoms with Crippen LogP contribution < -0.4 is 5.32 Å². The van der Waals surface area contributed by atoms with E-state index in [2.05, 4.69) is 49.0 Å². The van der Waals surface area contributed by atoms with Gasteiger partial charge in [-0.15, -0.1) is 10.2 Å². The lowest BCUT2D eigenvalue weighted by atomic mass is 10.1. The van der Waals surface area contributed by atoms with Crippen molar-refractivity contribution in [3.63, 3.8) is 0 Å². The van der Waals surface area contributed by atoms with Crippen LogP contribution in [0.15, 0.2) is 4.52 Å². The molecule has 2 aliphatic rings. The summed E-state index contributed by atoms with van der Waals surface area (Å²) in [5, 5.41) is 15.7. The Morgan fingerprint density at radius 3 is 2.79 bits per heavy atom. The van der Waals surface area contributed by atoms with Gasteiger partial charge in [-0.3, -0.25) is 4.90 Å². The quantitative estimate of drug-likeness (QED) is 0.839. The first-order valence-corrected chi connectivity index (χ1v) is 9.90. The molecule has 0 saturated carbocycles. The smallest absolute Gasteiger partial charge is 0.317 e. The van der Waals surface area contributed by atoms with Crippen LogP contribution in [0.2, 0.25) is 0 Å². The normalized spacial score (nSPS) is 23.1. The zero-order valence-corrected chi connectivity index (χ0v) is 16.9. The van der Waals surface area contributed by atoms with Crippen LogP contribution in [0.4, 0.5) is 4.79 Å². The highest BCUT2D eigenvalue weighted by Crippen LogP contribution is 2.24. The molecule has 2 aliphatic heterocycles. The highest BCUT2D eigenvalue weighted by atomic mass is 16.5. The first-order chi connectivity index (χ1) is 13.4. The fourth-order valence-corrected chi connectivity index (χ4v) is 3.93. The minimum atomic E-state index is -0.0796. The molecule has 10 heteroatoms. The van der Waals surface area contributed by atoms with Crippen molar-refractivity contribution in [2.24, 2.45) is 0 Å². The van der Waals surface area contributed by atoms with Crippen LogP contribution in [0.5, 0.6) is 0 Å². The van der Waals surface area contributed by atoms with E-state index >= 15 is 0 Å². The molecule has 2 aromatic rings. The number of likely N-dealkylation sites (N-methyl/N-ethyl adjacent to an activating group) is 1. The van der Waals surface area contributed by atoms with Gasteiger partial charge in [-0.1, -0.05) is 19.0 Å². The largest absolute Gasteiger partial charge is 0.338 e. The molecule has 4 rings (SSSR count). The van der Waals surface area contributed by atoms with Crippen molar-refractivity contribution in [2.45, 2.75) is 58.2 Å². The van der Waals surface area contributed by atoms with E-state index in [4.69, 9.17) is 4.52 Å². The van der Waals surface area contributed by atoms with Crippen molar-refractivity contribution in [1.29, 1.82) is 0 Å². The molecule has 4 heterocycles. The van der Waals surface area contributed by atoms with Gasteiger partial charge in [0.25, 0.3) is 0 Å². The average Bonchev–Trinajstić information content (AvgIpc) is 3.28. The van der Waals surface area contributed by atoms with Crippen LogP contribution in [0.25, 0.3) is 0 Å². The van der Waals surface area contributed by atoms with E-state index in [1.165, 1.54) is 0 Å². The molecule has 0 aliphatic carbocycles. The number of piperazine rings is 1. The third-order valence-corrected chi connectivity index (χ3v) is 5.58. The minimum absolute atomic E-state index is 0.0399. The molecule has 28 heavy (non-hydrogen) atoms. The Morgan fingerprint density at radius 1 is 1.25 bits per heavy atom. The van der Waals surface area contributed by atoms with Gasteiger partial charge in [0.05, 0.1) is 0 Å². The topological polar surface area (TPSA) is 105 Å². The number of carbonyl (C=O) groups excluding carboxylic acids is 1. The fourth-order valence-electron chi connectivity index (χ4n) is 3.93. The van der Waals surface area contributed by atoms with Crippen LogP contribution in [-0.4, -0.2) is 73.5 Å². The predicted molar refractivity (Wildman–Crippen MR) is 101 cm³/mol. The van der Waals surface area contributed by atoms with Crippen LogP contribution in [0.1, 0.15) is 55.6 Å². The van der Waals surface area contributed by atoms with Crippen molar-refractivity contribution in [2.75, 3.05) is 26.7 Å². The Hall–Kier alpha value is -2.49. The Kier molecular flexibility index (Phi) is 5.05. The number of hydrogen-bond donors (Lipinski definition) is 1. The second-order valence-electron chi connectivity index (χ2n) is 8.05. The van der Waals surface area contributed by atoms with Crippen molar-refractivity contribution in [1.82, 2.24) is 40.0 Å². The van der Waals surface area contributed by atoms with E-state index in [-0.39, 0.29) is 18.1 Å². The fraction of sp³-hybridized carbons (Fsp3) is 0.722. The van der Waals surface area contributed by atoms with E-state index in [1.54, 1.807) is 6.92 Å². The second-order valence-corrected chi connectivity index (χ2v) is 8.05. The summed E-state index contributed by atoms with van der Waals surface area (Å²) in [5.41, 5.74) is 0. The van der Waals surface area contributed by atoms with E-state index in [1.807, 2.05) is 11.9 Å². The molecule has 0 radical (unpaired) electrons. The number of fused-ring (bicyclic) bond motifs is 1. The summed E-state index contributed by atoms with van der Waals surface area (Å²) in [6.45, 7) is 8.72. The van der Waals surface area contributed by atoms with Gasteiger partial charge >= 0.3 is 6.03 Å². The van der Waals surface area contributed by atoms with Crippen LogP contribution in [0.3, 0.4) is 0 Å². The maximum atomic E-state index is 12.9. The first kappa shape index (κ1) is 18.9. The number of aryl methyl sites for hydroxylation is 2. The molecule has 0 bridgehead atoms. The van der Waals surface area contributed by atoms with Crippen LogP contribution in [-0.2, 0) is 13.0 Å². The Balaban J connectivity index is 1.40. The molecule has 0 spiro atoms. The zero-order valence-electron chi connectivity index (χ0n) is 16.9. The summed E-state index contributed by atoms with van der Waals surface area (Å²) < 4.78 is 7.50. The van der Waals surface area contributed by atoms with Crippen molar-refractivity contribution in [3.05, 3.63) is 23.4 Å². The molecule has 1 N–H and O–H groups in total. The molecular formula is C18H28N8O2. The van der Waals surface area contributed by atoms with Gasteiger partial charge in [-0.2, -0.15) is 4.98 Å². The molecule has 2 atom stereocenters. The minimum Gasteiger partial charge on any atom is -0.338 e. The Morgan fingerprint density at radius 2 is 2.07 bits per heavy atom. The summed E-state index contributed by atoms with van der Waals surface area (Å²) in [5.74, 6) is 3.48. The lowest BCUT2D eigenvalue weighted by Crippen LogP contribution is -2.54. The number of nitrogens with zero attached hydrogens (tertiary/aromatic N) is 7. The summed E-state index contributed by atoms with van der Waals surface area (Å²) in [6.07, 6.45) is 1.71. The molecule has 2 aromatic heterocycles. The predicted octanol–water partition coefficient (Wildman–Crippen LogP) is 1.11. The third-order valence-electron chi connectivity index (χ3n) is 5.58. The van der Waals surface area contributed by atoms with Crippen LogP contribution in [0, 0.1) is 6.92 Å². The summed E-state index contributed by atoms with van der Waals surface area (Å²) >= 11 is 0. The second kappa shape index (κ2) is 7.50. The molecule has 2 unspecified atom stereocenters. The highest BCUT2D eigenvalue weighted by molar-refractivity contribution is 5.74. The molecule has 0 aromatic carbocycles. The maximum absolute atomic E-state index is 12.9. The molecule has 10 nitrogen and oxygen atoms in total. The van der Waals surface area contributed by atoms with Crippen molar-refractivity contribution >= 4 is 6.03 Å². The number of urea groups is 1. The van der Waals surface area contributed by atoms with Gasteiger partial charge in [-0.25, -0.2) is 4.79 Å². The van der Waals surface area contributed by atoms with Gasteiger partial charge in [0.1, 0.15) is 17.7 Å². The third kappa shape index (κ3) is 3.60. The molecule has 1 fully saturated rings. The molecule has 2 amide bonds. The lowest BCUT2D eigenvalue weighted by molar-refractivity contribution is 0.0893. The summed E-state index contributed by atoms with van der Waals surface area (Å²) in [6, 6.07) is -0.0386. The van der Waals surface area contributed by atoms with Crippen LogP contribution >= 0.6 is 0 Å². The number of hydrogen-bond acceptors (Lipinski definition) is 7. The molecular weight excluding hydrogens is 360 g/mol. The van der Waals surface area contributed by atoms with Gasteiger partial charge in [0.15, 0.2) is 5.82 Å². The molecule has 1 saturated heterocycles. The van der Waals surface area contributed by atoms with Gasteiger partial charge < -0.3 is 19.3 Å². The van der Waals surface area contributed by atoms with Crippen molar-refractivity contribution in [3.8, 4) is 0 Å². The van der Waals surface area contributed by atoms with E-state index in [0.29, 0.717) is 30.7 Å². The monoisotopic (exact) mass is 388 g/mol. The number of aromatic nitrogens is 5. The Bertz CT molecular complexity index is 845. The Labute approximate surface area is 164 Å². The number of rotatable bonds is 3. The van der Waals surface area contributed by atoms with Gasteiger partial charge in [0.2, 0.25) is 5.89 Å². The number of carbonyl (C=O) groups is 1. The number of amides is 2. The standard InChI is InChI=1S/C18H28N8O2/c1-11(2)16-22-21-15-6-5-13(9-26(15)16)20-18(27)25-8-7-24(4)14(10-25)17-19-12(3)23-28-17/h11,13-14H,5-10H2,1-4H3,(H,20,27). The highest BCUT2D eigenvalue weighted by Gasteiger charge is 2.33. The van der Waals surface area contributed by atoms with Gasteiger partial charge in [-0.05, 0) is 20.4 Å².